The maximum absolute atomic E-state index is 14.3. The summed E-state index contributed by atoms with van der Waals surface area (Å²) in [7, 11) is 0. The number of imidazole rings is 1. The van der Waals surface area contributed by atoms with Crippen LogP contribution in [-0.2, 0) is 24.4 Å². The monoisotopic (exact) mass is 559 g/mol. The molecule has 6 rings (SSSR count). The number of ether oxygens (including phenoxy) is 1. The molecule has 0 radical (unpaired) electrons. The summed E-state index contributed by atoms with van der Waals surface area (Å²) >= 11 is 0. The molecule has 4 aromatic carbocycles. The predicted octanol–water partition coefficient (Wildman–Crippen LogP) is 7.67. The van der Waals surface area contributed by atoms with Gasteiger partial charge in [-0.2, -0.15) is 0 Å². The molecule has 0 bridgehead atoms. The van der Waals surface area contributed by atoms with Crippen LogP contribution >= 0.6 is 0 Å². The Bertz CT molecular complexity index is 1910. The number of carboxylic acid groups (broad SMARTS) is 1. The van der Waals surface area contributed by atoms with Crippen molar-refractivity contribution in [1.29, 1.82) is 0 Å². The minimum absolute atomic E-state index is 0.252. The van der Waals surface area contributed by atoms with Crippen molar-refractivity contribution in [2.45, 2.75) is 33.4 Å². The van der Waals surface area contributed by atoms with Crippen LogP contribution in [0, 0.1) is 11.2 Å². The van der Waals surface area contributed by atoms with Gasteiger partial charge in [0.05, 0.1) is 27.7 Å². The van der Waals surface area contributed by atoms with Gasteiger partial charge >= 0.3 is 5.97 Å². The summed E-state index contributed by atoms with van der Waals surface area (Å²) in [5, 5.41) is 10.9. The number of pyridine rings is 1. The Morgan fingerprint density at radius 2 is 1.64 bits per heavy atom. The van der Waals surface area contributed by atoms with E-state index < -0.39 is 11.4 Å². The molecular weight excluding hydrogens is 529 g/mol. The van der Waals surface area contributed by atoms with Gasteiger partial charge in [-0.25, -0.2) is 14.4 Å². The van der Waals surface area contributed by atoms with E-state index in [2.05, 4.69) is 4.98 Å². The fraction of sp³-hybridized carbons (Fsp3) is 0.171. The average molecular weight is 560 g/mol. The second kappa shape index (κ2) is 11.1. The lowest BCUT2D eigenvalue weighted by Gasteiger charge is -2.19. The number of hydrogen-bond donors (Lipinski definition) is 1. The van der Waals surface area contributed by atoms with Gasteiger partial charge < -0.3 is 14.4 Å². The van der Waals surface area contributed by atoms with Gasteiger partial charge in [0.1, 0.15) is 24.0 Å². The molecule has 0 atom stereocenters. The molecule has 42 heavy (non-hydrogen) atoms. The first kappa shape index (κ1) is 27.1. The highest BCUT2D eigenvalue weighted by Crippen LogP contribution is 2.29. The highest BCUT2D eigenvalue weighted by atomic mass is 19.1. The number of nitrogens with zero attached hydrogens (tertiary/aromatic N) is 3. The number of carboxylic acids is 1. The smallest absolute Gasteiger partial charge is 0.309 e. The highest BCUT2D eigenvalue weighted by Gasteiger charge is 2.30. The van der Waals surface area contributed by atoms with Gasteiger partial charge in [0.15, 0.2) is 0 Å². The van der Waals surface area contributed by atoms with Gasteiger partial charge in [-0.1, -0.05) is 66.7 Å². The van der Waals surface area contributed by atoms with Crippen LogP contribution in [0.1, 0.15) is 30.9 Å². The lowest BCUT2D eigenvalue weighted by atomic mass is 9.89. The molecule has 210 valence electrons. The number of fused-ring (bicyclic) bond motifs is 2. The molecule has 0 saturated carbocycles. The maximum atomic E-state index is 14.3. The first-order valence-electron chi connectivity index (χ1n) is 13.8. The van der Waals surface area contributed by atoms with Crippen LogP contribution in [0.4, 0.5) is 4.39 Å². The second-order valence-corrected chi connectivity index (χ2v) is 11.1. The molecule has 0 amide bonds. The van der Waals surface area contributed by atoms with E-state index in [0.717, 1.165) is 38.8 Å². The normalized spacial score (nSPS) is 11.7. The van der Waals surface area contributed by atoms with E-state index in [9.17, 15) is 14.3 Å². The molecule has 0 spiro atoms. The number of aliphatic carboxylic acids is 1. The molecule has 1 N–H and O–H groups in total. The lowest BCUT2D eigenvalue weighted by Crippen LogP contribution is -2.27. The molecule has 6 nitrogen and oxygen atoms in total. The highest BCUT2D eigenvalue weighted by molar-refractivity contribution is 5.79. The molecule has 0 fully saturated rings. The molecule has 2 aromatic heterocycles. The van der Waals surface area contributed by atoms with Crippen molar-refractivity contribution in [1.82, 2.24) is 14.5 Å². The Morgan fingerprint density at radius 1 is 0.881 bits per heavy atom. The number of rotatable bonds is 9. The Morgan fingerprint density at radius 3 is 2.43 bits per heavy atom. The molecule has 0 unspecified atom stereocenters. The third kappa shape index (κ3) is 5.59. The molecule has 0 aliphatic heterocycles. The quantitative estimate of drug-likeness (QED) is 0.197. The first-order chi connectivity index (χ1) is 20.3. The Hall–Kier alpha value is -5.04. The van der Waals surface area contributed by atoms with Gasteiger partial charge in [0, 0.05) is 30.0 Å². The van der Waals surface area contributed by atoms with Crippen molar-refractivity contribution in [2.75, 3.05) is 0 Å². The van der Waals surface area contributed by atoms with Gasteiger partial charge in [0.2, 0.25) is 0 Å². The van der Waals surface area contributed by atoms with Gasteiger partial charge in [-0.15, -0.1) is 0 Å². The number of hydrogen-bond acceptors (Lipinski definition) is 4. The van der Waals surface area contributed by atoms with Crippen LogP contribution in [0.2, 0.25) is 0 Å². The van der Waals surface area contributed by atoms with Crippen molar-refractivity contribution in [2.24, 2.45) is 5.41 Å². The summed E-state index contributed by atoms with van der Waals surface area (Å²) in [6.45, 7) is 4.20. The molecule has 0 aliphatic rings. The third-order valence-corrected chi connectivity index (χ3v) is 7.50. The van der Waals surface area contributed by atoms with Crippen molar-refractivity contribution in [3.63, 3.8) is 0 Å². The van der Waals surface area contributed by atoms with Crippen LogP contribution in [0.25, 0.3) is 33.1 Å². The number of halogens is 1. The van der Waals surface area contributed by atoms with Crippen LogP contribution in [-0.4, -0.2) is 25.6 Å². The van der Waals surface area contributed by atoms with Crippen molar-refractivity contribution >= 4 is 27.9 Å². The fourth-order valence-electron chi connectivity index (χ4n) is 5.05. The van der Waals surface area contributed by atoms with E-state index in [4.69, 9.17) is 9.72 Å². The van der Waals surface area contributed by atoms with E-state index in [0.29, 0.717) is 30.3 Å². The number of aromatic nitrogens is 3. The molecule has 0 aliphatic carbocycles. The van der Waals surface area contributed by atoms with Crippen molar-refractivity contribution in [3.05, 3.63) is 126 Å². The predicted molar refractivity (Wildman–Crippen MR) is 162 cm³/mol. The van der Waals surface area contributed by atoms with E-state index in [-0.39, 0.29) is 12.2 Å². The average Bonchev–Trinajstić information content (AvgIpc) is 3.31. The van der Waals surface area contributed by atoms with Gasteiger partial charge in [-0.05, 0) is 55.3 Å². The second-order valence-electron chi connectivity index (χ2n) is 11.1. The minimum Gasteiger partial charge on any atom is -0.487 e. The fourth-order valence-corrected chi connectivity index (χ4v) is 5.05. The number of benzene rings is 4. The van der Waals surface area contributed by atoms with Crippen LogP contribution in [0.15, 0.2) is 103 Å². The van der Waals surface area contributed by atoms with Crippen LogP contribution in [0.5, 0.6) is 5.75 Å². The SMILES string of the molecule is CC(C)(Cc1nc2cc(OCc3ccc4ccccc4n3)ccc2n1Cc1ccc(-c2ccccc2F)cc1)C(=O)O. The maximum Gasteiger partial charge on any atom is 0.309 e. The molecule has 0 saturated heterocycles. The molecule has 2 heterocycles. The van der Waals surface area contributed by atoms with Gasteiger partial charge in [-0.3, -0.25) is 4.79 Å². The summed E-state index contributed by atoms with van der Waals surface area (Å²) in [5.41, 5.74) is 4.66. The Balaban J connectivity index is 1.29. The summed E-state index contributed by atoms with van der Waals surface area (Å²) in [6, 6.07) is 32.1. The van der Waals surface area contributed by atoms with E-state index in [1.54, 1.807) is 26.0 Å². The Labute approximate surface area is 243 Å². The largest absolute Gasteiger partial charge is 0.487 e. The molecule has 6 aromatic rings. The first-order valence-corrected chi connectivity index (χ1v) is 13.8. The lowest BCUT2D eigenvalue weighted by molar-refractivity contribution is -0.146. The van der Waals surface area contributed by atoms with Crippen LogP contribution < -0.4 is 4.74 Å². The van der Waals surface area contributed by atoms with Gasteiger partial charge in [0.25, 0.3) is 0 Å². The summed E-state index contributed by atoms with van der Waals surface area (Å²) in [6.07, 6.45) is 0.252. The zero-order valence-electron chi connectivity index (χ0n) is 23.4. The summed E-state index contributed by atoms with van der Waals surface area (Å²) in [5.74, 6) is 0.171. The Kier molecular flexibility index (Phi) is 7.17. The molecular formula is C35H30FN3O3. The van der Waals surface area contributed by atoms with E-state index >= 15 is 0 Å². The van der Waals surface area contributed by atoms with E-state index in [1.165, 1.54) is 6.07 Å². The zero-order chi connectivity index (χ0) is 29.3. The minimum atomic E-state index is -1.01. The zero-order valence-corrected chi connectivity index (χ0v) is 23.4. The standard InChI is InChI=1S/C35H30FN3O3/c1-35(2,34(40)41)20-33-38-31-19-27(42-22-26-16-15-25-7-3-6-10-30(25)37-26)17-18-32(31)39(33)21-23-11-13-24(14-12-23)28-8-4-5-9-29(28)36/h3-19H,20-22H2,1-2H3,(H,40,41). The van der Waals surface area contributed by atoms with Crippen LogP contribution in [0.3, 0.4) is 0 Å². The van der Waals surface area contributed by atoms with E-state index in [1.807, 2.05) is 89.5 Å². The number of carbonyl (C=O) groups is 1. The summed E-state index contributed by atoms with van der Waals surface area (Å²) < 4.78 is 22.4. The van der Waals surface area contributed by atoms with Crippen molar-refractivity contribution in [3.8, 4) is 16.9 Å². The topological polar surface area (TPSA) is 77.2 Å². The third-order valence-electron chi connectivity index (χ3n) is 7.50. The summed E-state index contributed by atoms with van der Waals surface area (Å²) in [4.78, 5) is 21.5. The molecule has 7 heteroatoms. The number of para-hydroxylation sites is 1. The van der Waals surface area contributed by atoms with Crippen molar-refractivity contribution < 1.29 is 19.0 Å².